The Morgan fingerprint density at radius 3 is 3.00 bits per heavy atom. The minimum Gasteiger partial charge on any atom is -0.397 e. The second-order valence-corrected chi connectivity index (χ2v) is 6.69. The Labute approximate surface area is 116 Å². The molecule has 0 aliphatic rings. The molecular weight excluding hydrogens is 284 g/mol. The first-order chi connectivity index (χ1) is 8.99. The normalized spacial score (nSPS) is 14.2. The summed E-state index contributed by atoms with van der Waals surface area (Å²) >= 11 is 1.21. The number of hydrogen-bond acceptors (Lipinski definition) is 6. The lowest BCUT2D eigenvalue weighted by atomic mass is 10.2. The Morgan fingerprint density at radius 2 is 2.37 bits per heavy atom. The van der Waals surface area contributed by atoms with E-state index in [0.29, 0.717) is 21.1 Å². The number of hydrogen-bond donors (Lipinski definition) is 2. The molecule has 2 atom stereocenters. The van der Waals surface area contributed by atoms with Crippen molar-refractivity contribution >= 4 is 43.9 Å². The zero-order chi connectivity index (χ0) is 14.0. The van der Waals surface area contributed by atoms with E-state index in [1.807, 2.05) is 6.92 Å². The standard InChI is InChI=1S/C11H14N4O2S2/c1-6(5-19(2)17)14-10(16)9-8(12)7-3-4-13-15-11(7)18-9/h3-4,6H,5,12H2,1-2H3,(H,14,16). The second kappa shape index (κ2) is 5.62. The molecule has 0 aromatic carbocycles. The highest BCUT2D eigenvalue weighted by molar-refractivity contribution is 7.84. The van der Waals surface area contributed by atoms with Crippen LogP contribution in [-0.2, 0) is 10.8 Å². The van der Waals surface area contributed by atoms with E-state index in [2.05, 4.69) is 15.5 Å². The first-order valence-corrected chi connectivity index (χ1v) is 8.14. The van der Waals surface area contributed by atoms with Crippen LogP contribution in [0.2, 0.25) is 0 Å². The van der Waals surface area contributed by atoms with Gasteiger partial charge >= 0.3 is 0 Å². The summed E-state index contributed by atoms with van der Waals surface area (Å²) < 4.78 is 11.1. The molecule has 3 N–H and O–H groups in total. The van der Waals surface area contributed by atoms with E-state index in [1.165, 1.54) is 17.5 Å². The maximum atomic E-state index is 12.1. The SMILES string of the molecule is CC(CS(C)=O)NC(=O)c1sc2nnccc2c1N. The number of amides is 1. The average Bonchev–Trinajstić information content (AvgIpc) is 2.66. The predicted octanol–water partition coefficient (Wildman–Crippen LogP) is 0.770. The number of aromatic nitrogens is 2. The van der Waals surface area contributed by atoms with Crippen molar-refractivity contribution in [2.24, 2.45) is 0 Å². The lowest BCUT2D eigenvalue weighted by Gasteiger charge is -2.11. The van der Waals surface area contributed by atoms with Gasteiger partial charge in [0.05, 0.1) is 11.9 Å². The molecule has 6 nitrogen and oxygen atoms in total. The van der Waals surface area contributed by atoms with Crippen LogP contribution in [0.5, 0.6) is 0 Å². The number of carbonyl (C=O) groups is 1. The van der Waals surface area contributed by atoms with Crippen LogP contribution < -0.4 is 11.1 Å². The number of carbonyl (C=O) groups excluding carboxylic acids is 1. The molecular formula is C11H14N4O2S2. The molecule has 2 aromatic rings. The van der Waals surface area contributed by atoms with Gasteiger partial charge in [0.2, 0.25) is 0 Å². The largest absolute Gasteiger partial charge is 0.397 e. The molecule has 0 saturated heterocycles. The summed E-state index contributed by atoms with van der Waals surface area (Å²) in [6.45, 7) is 1.81. The Bertz CT molecular complexity index is 641. The molecule has 8 heteroatoms. The van der Waals surface area contributed by atoms with Gasteiger partial charge in [-0.15, -0.1) is 16.4 Å². The number of fused-ring (bicyclic) bond motifs is 1. The van der Waals surface area contributed by atoms with Gasteiger partial charge in [-0.2, -0.15) is 5.10 Å². The highest BCUT2D eigenvalue weighted by Crippen LogP contribution is 2.31. The van der Waals surface area contributed by atoms with Gasteiger partial charge in [-0.05, 0) is 13.0 Å². The van der Waals surface area contributed by atoms with E-state index in [1.54, 1.807) is 12.3 Å². The molecule has 0 aliphatic heterocycles. The van der Waals surface area contributed by atoms with Crippen LogP contribution in [0.4, 0.5) is 5.69 Å². The summed E-state index contributed by atoms with van der Waals surface area (Å²) in [4.78, 5) is 13.2. The fourth-order valence-electron chi connectivity index (χ4n) is 1.72. The van der Waals surface area contributed by atoms with Crippen molar-refractivity contribution in [3.05, 3.63) is 17.1 Å². The molecule has 2 aromatic heterocycles. The van der Waals surface area contributed by atoms with Crippen molar-refractivity contribution in [3.8, 4) is 0 Å². The van der Waals surface area contributed by atoms with Crippen molar-refractivity contribution < 1.29 is 9.00 Å². The smallest absolute Gasteiger partial charge is 0.263 e. The number of nitrogens with two attached hydrogens (primary N) is 1. The monoisotopic (exact) mass is 298 g/mol. The van der Waals surface area contributed by atoms with Crippen molar-refractivity contribution in [3.63, 3.8) is 0 Å². The molecule has 102 valence electrons. The van der Waals surface area contributed by atoms with Gasteiger partial charge in [-0.1, -0.05) is 0 Å². The summed E-state index contributed by atoms with van der Waals surface area (Å²) in [5.41, 5.74) is 6.35. The topological polar surface area (TPSA) is 98.0 Å². The van der Waals surface area contributed by atoms with E-state index >= 15 is 0 Å². The van der Waals surface area contributed by atoms with Gasteiger partial charge in [0.25, 0.3) is 5.91 Å². The molecule has 0 bridgehead atoms. The fourth-order valence-corrected chi connectivity index (χ4v) is 3.45. The Kier molecular flexibility index (Phi) is 4.11. The number of anilines is 1. The summed E-state index contributed by atoms with van der Waals surface area (Å²) in [5.74, 6) is 0.148. The molecule has 0 fully saturated rings. The maximum Gasteiger partial charge on any atom is 0.263 e. The number of thiophene rings is 1. The number of nitrogen functional groups attached to an aromatic ring is 1. The van der Waals surface area contributed by atoms with E-state index in [4.69, 9.17) is 5.73 Å². The average molecular weight is 298 g/mol. The number of rotatable bonds is 4. The van der Waals surface area contributed by atoms with E-state index in [0.717, 1.165) is 5.39 Å². The molecule has 2 heterocycles. The Morgan fingerprint density at radius 1 is 1.63 bits per heavy atom. The van der Waals surface area contributed by atoms with Crippen LogP contribution in [0.15, 0.2) is 12.3 Å². The number of nitrogens with zero attached hydrogens (tertiary/aromatic N) is 2. The summed E-state index contributed by atoms with van der Waals surface area (Å²) in [5, 5.41) is 11.2. The second-order valence-electron chi connectivity index (χ2n) is 4.21. The third-order valence-corrected chi connectivity index (χ3v) is 4.56. The first kappa shape index (κ1) is 13.9. The van der Waals surface area contributed by atoms with Crippen molar-refractivity contribution in [2.75, 3.05) is 17.7 Å². The highest BCUT2D eigenvalue weighted by Gasteiger charge is 2.18. The molecule has 2 unspecified atom stereocenters. The third-order valence-electron chi connectivity index (χ3n) is 2.49. The third kappa shape index (κ3) is 3.07. The van der Waals surface area contributed by atoms with E-state index < -0.39 is 10.8 Å². The zero-order valence-electron chi connectivity index (χ0n) is 10.5. The summed E-state index contributed by atoms with van der Waals surface area (Å²) in [6.07, 6.45) is 3.14. The highest BCUT2D eigenvalue weighted by atomic mass is 32.2. The van der Waals surface area contributed by atoms with Crippen molar-refractivity contribution in [1.82, 2.24) is 15.5 Å². The van der Waals surface area contributed by atoms with Crippen molar-refractivity contribution in [1.29, 1.82) is 0 Å². The van der Waals surface area contributed by atoms with Gasteiger partial charge in [-0.25, -0.2) is 0 Å². The minimum atomic E-state index is -0.953. The quantitative estimate of drug-likeness (QED) is 0.869. The molecule has 19 heavy (non-hydrogen) atoms. The van der Waals surface area contributed by atoms with Gasteiger partial charge < -0.3 is 11.1 Å². The molecule has 1 amide bonds. The molecule has 0 radical (unpaired) electrons. The Balaban J connectivity index is 2.22. The van der Waals surface area contributed by atoms with Gasteiger partial charge in [0.15, 0.2) is 0 Å². The molecule has 0 aliphatic carbocycles. The lowest BCUT2D eigenvalue weighted by Crippen LogP contribution is -2.36. The van der Waals surface area contributed by atoms with Crippen molar-refractivity contribution in [2.45, 2.75) is 13.0 Å². The maximum absolute atomic E-state index is 12.1. The van der Waals surface area contributed by atoms with Crippen LogP contribution >= 0.6 is 11.3 Å². The van der Waals surface area contributed by atoms with Gasteiger partial charge in [0, 0.05) is 34.2 Å². The van der Waals surface area contributed by atoms with Gasteiger partial charge in [0.1, 0.15) is 9.71 Å². The summed E-state index contributed by atoms with van der Waals surface area (Å²) in [7, 11) is -0.953. The first-order valence-electron chi connectivity index (χ1n) is 5.59. The zero-order valence-corrected chi connectivity index (χ0v) is 12.2. The molecule has 2 rings (SSSR count). The van der Waals surface area contributed by atoms with Crippen LogP contribution in [0, 0.1) is 0 Å². The lowest BCUT2D eigenvalue weighted by molar-refractivity contribution is 0.0948. The van der Waals surface area contributed by atoms with Crippen LogP contribution in [0.1, 0.15) is 16.6 Å². The number of nitrogens with one attached hydrogen (secondary N) is 1. The van der Waals surface area contributed by atoms with Gasteiger partial charge in [-0.3, -0.25) is 9.00 Å². The Hall–Kier alpha value is -1.54. The molecule has 0 saturated carbocycles. The van der Waals surface area contributed by atoms with Crippen LogP contribution in [0.3, 0.4) is 0 Å². The minimum absolute atomic E-state index is 0.172. The van der Waals surface area contributed by atoms with E-state index in [-0.39, 0.29) is 11.9 Å². The summed E-state index contributed by atoms with van der Waals surface area (Å²) in [6, 6.07) is 1.56. The predicted molar refractivity (Wildman–Crippen MR) is 77.7 cm³/mol. The molecule has 0 spiro atoms. The van der Waals surface area contributed by atoms with E-state index in [9.17, 15) is 9.00 Å². The van der Waals surface area contributed by atoms with Crippen LogP contribution in [0.25, 0.3) is 10.2 Å². The van der Waals surface area contributed by atoms with Crippen LogP contribution in [-0.4, -0.2) is 38.4 Å². The fraction of sp³-hybridized carbons (Fsp3) is 0.364.